The predicted molar refractivity (Wildman–Crippen MR) is 114 cm³/mol. The van der Waals surface area contributed by atoms with Gasteiger partial charge in [0.25, 0.3) is 5.91 Å². The fraction of sp³-hybridized carbons (Fsp3) is 0.0455. The highest BCUT2D eigenvalue weighted by Gasteiger charge is 2.09. The SMILES string of the molecule is C=Cc1cc(Nc2nc3ccc(Oc4ccnc(C(=O)NC)c4)cc3[nH]2)ccc1F. The number of carbonyl (C=O) groups is 1. The van der Waals surface area contributed by atoms with Crippen LogP contribution in [0, 0.1) is 5.82 Å². The van der Waals surface area contributed by atoms with Gasteiger partial charge in [-0.25, -0.2) is 9.37 Å². The van der Waals surface area contributed by atoms with Crippen molar-refractivity contribution in [1.29, 1.82) is 0 Å². The van der Waals surface area contributed by atoms with Crippen molar-refractivity contribution in [1.82, 2.24) is 20.3 Å². The Balaban J connectivity index is 1.55. The Labute approximate surface area is 171 Å². The molecule has 0 saturated carbocycles. The molecule has 7 nitrogen and oxygen atoms in total. The molecule has 8 heteroatoms. The van der Waals surface area contributed by atoms with Crippen LogP contribution in [0.5, 0.6) is 11.5 Å². The average Bonchev–Trinajstić information content (AvgIpc) is 3.16. The first kappa shape index (κ1) is 19.1. The first-order valence-electron chi connectivity index (χ1n) is 9.10. The van der Waals surface area contributed by atoms with Gasteiger partial charge in [0.2, 0.25) is 5.95 Å². The van der Waals surface area contributed by atoms with Crippen LogP contribution in [-0.2, 0) is 0 Å². The quantitative estimate of drug-likeness (QED) is 0.436. The third kappa shape index (κ3) is 3.97. The maximum absolute atomic E-state index is 13.6. The number of anilines is 2. The number of carbonyl (C=O) groups excluding carboxylic acids is 1. The molecule has 0 bridgehead atoms. The van der Waals surface area contributed by atoms with E-state index < -0.39 is 0 Å². The van der Waals surface area contributed by atoms with Crippen molar-refractivity contribution in [3.8, 4) is 11.5 Å². The minimum Gasteiger partial charge on any atom is -0.457 e. The van der Waals surface area contributed by atoms with Crippen molar-refractivity contribution >= 4 is 34.7 Å². The first-order valence-corrected chi connectivity index (χ1v) is 9.10. The molecular weight excluding hydrogens is 385 g/mol. The number of ether oxygens (including phenoxy) is 1. The standard InChI is InChI=1S/C22H18FN5O2/c1-3-13-10-14(4-6-17(13)23)26-22-27-18-7-5-15(11-19(18)28-22)30-16-8-9-25-20(12-16)21(29)24-2/h3-12H,1H2,2H3,(H,24,29)(H2,26,27,28). The van der Waals surface area contributed by atoms with Crippen molar-refractivity contribution in [3.05, 3.63) is 78.4 Å². The molecule has 1 amide bonds. The van der Waals surface area contributed by atoms with Gasteiger partial charge in [0.1, 0.15) is 23.0 Å². The van der Waals surface area contributed by atoms with Crippen LogP contribution in [0.15, 0.2) is 61.3 Å². The molecule has 3 N–H and O–H groups in total. The monoisotopic (exact) mass is 403 g/mol. The highest BCUT2D eigenvalue weighted by atomic mass is 19.1. The first-order chi connectivity index (χ1) is 14.6. The van der Waals surface area contributed by atoms with E-state index in [0.29, 0.717) is 28.7 Å². The number of nitrogens with one attached hydrogen (secondary N) is 3. The van der Waals surface area contributed by atoms with Crippen molar-refractivity contribution < 1.29 is 13.9 Å². The molecule has 0 radical (unpaired) electrons. The lowest BCUT2D eigenvalue weighted by atomic mass is 10.2. The lowest BCUT2D eigenvalue weighted by Crippen LogP contribution is -2.18. The second-order valence-corrected chi connectivity index (χ2v) is 6.39. The van der Waals surface area contributed by atoms with Crippen LogP contribution in [0.1, 0.15) is 16.1 Å². The number of H-pyrrole nitrogens is 1. The van der Waals surface area contributed by atoms with Gasteiger partial charge in [-0.2, -0.15) is 0 Å². The Morgan fingerprint density at radius 1 is 1.17 bits per heavy atom. The maximum Gasteiger partial charge on any atom is 0.269 e. The van der Waals surface area contributed by atoms with Crippen LogP contribution < -0.4 is 15.4 Å². The number of aromatic amines is 1. The highest BCUT2D eigenvalue weighted by Crippen LogP contribution is 2.27. The van der Waals surface area contributed by atoms with Crippen molar-refractivity contribution in [2.75, 3.05) is 12.4 Å². The fourth-order valence-electron chi connectivity index (χ4n) is 2.89. The lowest BCUT2D eigenvalue weighted by molar-refractivity contribution is 0.0958. The van der Waals surface area contributed by atoms with E-state index in [9.17, 15) is 9.18 Å². The molecule has 0 unspecified atom stereocenters. The normalized spacial score (nSPS) is 10.6. The Bertz CT molecular complexity index is 1250. The van der Waals surface area contributed by atoms with Gasteiger partial charge in [0.15, 0.2) is 0 Å². The van der Waals surface area contributed by atoms with E-state index in [-0.39, 0.29) is 17.4 Å². The van der Waals surface area contributed by atoms with E-state index >= 15 is 0 Å². The lowest BCUT2D eigenvalue weighted by Gasteiger charge is -2.06. The van der Waals surface area contributed by atoms with Gasteiger partial charge in [-0.1, -0.05) is 12.7 Å². The third-order valence-electron chi connectivity index (χ3n) is 4.36. The minimum absolute atomic E-state index is 0.266. The second kappa shape index (κ2) is 8.04. The number of pyridine rings is 1. The molecule has 0 fully saturated rings. The van der Waals surface area contributed by atoms with Gasteiger partial charge >= 0.3 is 0 Å². The molecule has 4 rings (SSSR count). The topological polar surface area (TPSA) is 91.9 Å². The summed E-state index contributed by atoms with van der Waals surface area (Å²) < 4.78 is 19.5. The van der Waals surface area contributed by atoms with Crippen molar-refractivity contribution in [2.45, 2.75) is 0 Å². The number of hydrogen-bond donors (Lipinski definition) is 3. The summed E-state index contributed by atoms with van der Waals surface area (Å²) in [6.45, 7) is 3.61. The van der Waals surface area contributed by atoms with Crippen LogP contribution in [0.4, 0.5) is 16.0 Å². The van der Waals surface area contributed by atoms with E-state index in [0.717, 1.165) is 11.0 Å². The zero-order valence-electron chi connectivity index (χ0n) is 16.1. The second-order valence-electron chi connectivity index (χ2n) is 6.39. The number of amides is 1. The van der Waals surface area contributed by atoms with Crippen LogP contribution in [0.2, 0.25) is 0 Å². The Kier molecular flexibility index (Phi) is 5.13. The molecule has 0 saturated heterocycles. The van der Waals surface area contributed by atoms with Gasteiger partial charge in [-0.05, 0) is 36.4 Å². The van der Waals surface area contributed by atoms with Crippen LogP contribution in [0.3, 0.4) is 0 Å². The summed E-state index contributed by atoms with van der Waals surface area (Å²) in [4.78, 5) is 23.4. The number of fused-ring (bicyclic) bond motifs is 1. The fourth-order valence-corrected chi connectivity index (χ4v) is 2.89. The van der Waals surface area contributed by atoms with E-state index in [1.165, 1.54) is 18.3 Å². The van der Waals surface area contributed by atoms with E-state index in [2.05, 4.69) is 32.2 Å². The Morgan fingerprint density at radius 2 is 2.00 bits per heavy atom. The number of halogens is 1. The summed E-state index contributed by atoms with van der Waals surface area (Å²) in [5.41, 5.74) is 2.83. The van der Waals surface area contributed by atoms with Crippen LogP contribution >= 0.6 is 0 Å². The van der Waals surface area contributed by atoms with E-state index in [1.54, 1.807) is 43.4 Å². The zero-order valence-corrected chi connectivity index (χ0v) is 16.1. The number of nitrogens with zero attached hydrogens (tertiary/aromatic N) is 2. The number of hydrogen-bond acceptors (Lipinski definition) is 5. The number of aromatic nitrogens is 3. The van der Waals surface area contributed by atoms with Crippen LogP contribution in [-0.4, -0.2) is 27.9 Å². The molecule has 150 valence electrons. The summed E-state index contributed by atoms with van der Waals surface area (Å²) >= 11 is 0. The molecule has 0 aliphatic rings. The Morgan fingerprint density at radius 3 is 2.80 bits per heavy atom. The smallest absolute Gasteiger partial charge is 0.269 e. The molecule has 0 aliphatic heterocycles. The maximum atomic E-state index is 13.6. The average molecular weight is 403 g/mol. The predicted octanol–water partition coefficient (Wildman–Crippen LogP) is 4.64. The molecule has 2 aromatic carbocycles. The summed E-state index contributed by atoms with van der Waals surface area (Å²) in [6.07, 6.45) is 2.97. The van der Waals surface area contributed by atoms with Gasteiger partial charge in [0, 0.05) is 36.6 Å². The van der Waals surface area contributed by atoms with E-state index in [4.69, 9.17) is 4.74 Å². The van der Waals surface area contributed by atoms with Gasteiger partial charge in [0.05, 0.1) is 11.0 Å². The summed E-state index contributed by atoms with van der Waals surface area (Å²) in [6, 6.07) is 13.3. The summed E-state index contributed by atoms with van der Waals surface area (Å²) in [5, 5.41) is 5.64. The summed E-state index contributed by atoms with van der Waals surface area (Å²) in [7, 11) is 1.54. The molecule has 0 atom stereocenters. The summed E-state index contributed by atoms with van der Waals surface area (Å²) in [5.74, 6) is 0.944. The minimum atomic E-state index is -0.336. The number of benzene rings is 2. The highest BCUT2D eigenvalue weighted by molar-refractivity contribution is 5.92. The molecule has 30 heavy (non-hydrogen) atoms. The molecule has 2 aromatic heterocycles. The third-order valence-corrected chi connectivity index (χ3v) is 4.36. The van der Waals surface area contributed by atoms with Gasteiger partial charge in [-0.3, -0.25) is 9.78 Å². The molecule has 0 aliphatic carbocycles. The zero-order chi connectivity index (χ0) is 21.1. The molecular formula is C22H18FN5O2. The molecule has 4 aromatic rings. The van der Waals surface area contributed by atoms with Crippen LogP contribution in [0.25, 0.3) is 17.1 Å². The Hall–Kier alpha value is -4.20. The van der Waals surface area contributed by atoms with Gasteiger partial charge < -0.3 is 20.4 Å². The van der Waals surface area contributed by atoms with E-state index in [1.807, 2.05) is 6.07 Å². The molecule has 2 heterocycles. The van der Waals surface area contributed by atoms with Crippen molar-refractivity contribution in [3.63, 3.8) is 0 Å². The number of imidazole rings is 1. The molecule has 0 spiro atoms. The van der Waals surface area contributed by atoms with Gasteiger partial charge in [-0.15, -0.1) is 0 Å². The van der Waals surface area contributed by atoms with Crippen molar-refractivity contribution in [2.24, 2.45) is 0 Å². The largest absolute Gasteiger partial charge is 0.457 e. The number of rotatable bonds is 6.